The van der Waals surface area contributed by atoms with Gasteiger partial charge in [-0.1, -0.05) is 48.2 Å². The van der Waals surface area contributed by atoms with Crippen LogP contribution in [0.3, 0.4) is 0 Å². The number of methoxy groups -OCH3 is 1. The zero-order chi connectivity index (χ0) is 27.9. The molecular formula is C29H24N6O4S. The summed E-state index contributed by atoms with van der Waals surface area (Å²) in [7, 11) is 1.23. The molecule has 0 unspecified atom stereocenters. The zero-order valence-corrected chi connectivity index (χ0v) is 22.1. The van der Waals surface area contributed by atoms with Crippen molar-refractivity contribution in [1.82, 2.24) is 9.55 Å². The van der Waals surface area contributed by atoms with Gasteiger partial charge in [0.2, 0.25) is 5.95 Å². The van der Waals surface area contributed by atoms with Crippen LogP contribution in [-0.2, 0) is 4.74 Å². The average Bonchev–Trinajstić information content (AvgIpc) is 3.32. The molecule has 0 fully saturated rings. The Bertz CT molecular complexity index is 1660. The number of fused-ring (bicyclic) bond motifs is 1. The molecule has 5 aromatic rings. The minimum atomic E-state index is -0.746. The van der Waals surface area contributed by atoms with Gasteiger partial charge in [0, 0.05) is 26.9 Å². The van der Waals surface area contributed by atoms with Crippen LogP contribution in [0.25, 0.3) is 11.0 Å². The van der Waals surface area contributed by atoms with E-state index in [0.29, 0.717) is 28.1 Å². The van der Waals surface area contributed by atoms with Gasteiger partial charge in [-0.2, -0.15) is 0 Å². The van der Waals surface area contributed by atoms with Crippen molar-refractivity contribution < 1.29 is 19.1 Å². The monoisotopic (exact) mass is 552 g/mol. The number of carbonyl (C=O) groups is 3. The van der Waals surface area contributed by atoms with E-state index in [0.717, 1.165) is 9.79 Å². The molecule has 11 heteroatoms. The molecule has 0 aliphatic rings. The number of amides is 4. The number of para-hydroxylation sites is 2. The number of nitrogens with zero attached hydrogens (tertiary/aromatic N) is 2. The number of carbonyl (C=O) groups excluding carboxylic acids is 3. The number of nitrogens with one attached hydrogen (secondary N) is 4. The maximum Gasteiger partial charge on any atom is 0.413 e. The number of imidazole rings is 1. The molecule has 40 heavy (non-hydrogen) atoms. The average molecular weight is 553 g/mol. The van der Waals surface area contributed by atoms with Crippen LogP contribution in [0.5, 0.6) is 0 Å². The number of hydrogen-bond acceptors (Lipinski definition) is 6. The number of urea groups is 1. The lowest BCUT2D eigenvalue weighted by atomic mass is 10.3. The van der Waals surface area contributed by atoms with Crippen LogP contribution in [0.15, 0.2) is 113 Å². The summed E-state index contributed by atoms with van der Waals surface area (Å²) in [6, 6.07) is 30.2. The van der Waals surface area contributed by atoms with Gasteiger partial charge in [-0.25, -0.2) is 23.9 Å². The van der Waals surface area contributed by atoms with E-state index in [4.69, 9.17) is 4.74 Å². The van der Waals surface area contributed by atoms with Gasteiger partial charge >= 0.3 is 18.2 Å². The summed E-state index contributed by atoms with van der Waals surface area (Å²) in [4.78, 5) is 43.6. The molecule has 4 aromatic carbocycles. The number of hydrogen-bond donors (Lipinski definition) is 4. The first kappa shape index (κ1) is 26.3. The molecule has 1 heterocycles. The quantitative estimate of drug-likeness (QED) is 0.178. The van der Waals surface area contributed by atoms with Gasteiger partial charge in [-0.3, -0.25) is 5.32 Å². The minimum absolute atomic E-state index is 0.0293. The Labute approximate surface area is 233 Å². The topological polar surface area (TPSA) is 126 Å². The molecule has 0 aliphatic heterocycles. The fourth-order valence-corrected chi connectivity index (χ4v) is 4.66. The molecule has 0 saturated heterocycles. The second-order valence-corrected chi connectivity index (χ2v) is 9.55. The Morgan fingerprint density at radius 1 is 0.700 bits per heavy atom. The van der Waals surface area contributed by atoms with E-state index in [9.17, 15) is 14.4 Å². The van der Waals surface area contributed by atoms with Crippen molar-refractivity contribution in [2.45, 2.75) is 9.79 Å². The molecule has 0 radical (unpaired) electrons. The van der Waals surface area contributed by atoms with Crippen molar-refractivity contribution in [1.29, 1.82) is 0 Å². The number of benzene rings is 4. The highest BCUT2D eigenvalue weighted by atomic mass is 32.2. The smallest absolute Gasteiger partial charge is 0.413 e. The van der Waals surface area contributed by atoms with Crippen LogP contribution in [0.4, 0.5) is 37.4 Å². The van der Waals surface area contributed by atoms with Crippen molar-refractivity contribution in [3.05, 3.63) is 103 Å². The first-order valence-corrected chi connectivity index (χ1v) is 12.9. The Morgan fingerprint density at radius 2 is 1.27 bits per heavy atom. The van der Waals surface area contributed by atoms with Crippen LogP contribution in [0.1, 0.15) is 0 Å². The van der Waals surface area contributed by atoms with Crippen molar-refractivity contribution >= 4 is 64.0 Å². The molecule has 0 saturated carbocycles. The SMILES string of the molecule is COC(=O)Nc1nc2cc(Sc3ccc(NC(=O)Nc4ccccc4)cc3)ccc2n1C(=O)Nc1ccccc1. The normalized spacial score (nSPS) is 10.5. The van der Waals surface area contributed by atoms with Crippen molar-refractivity contribution in [2.24, 2.45) is 0 Å². The molecule has 0 spiro atoms. The lowest BCUT2D eigenvalue weighted by Crippen LogP contribution is -2.23. The van der Waals surface area contributed by atoms with Crippen molar-refractivity contribution in [3.8, 4) is 0 Å². The lowest BCUT2D eigenvalue weighted by Gasteiger charge is -2.10. The highest BCUT2D eigenvalue weighted by Crippen LogP contribution is 2.32. The maximum absolute atomic E-state index is 13.1. The zero-order valence-electron chi connectivity index (χ0n) is 21.3. The van der Waals surface area contributed by atoms with E-state index in [2.05, 4.69) is 26.3 Å². The first-order chi connectivity index (χ1) is 19.5. The van der Waals surface area contributed by atoms with E-state index in [1.165, 1.54) is 23.4 Å². The van der Waals surface area contributed by atoms with Gasteiger partial charge in [-0.15, -0.1) is 0 Å². The van der Waals surface area contributed by atoms with Crippen LogP contribution >= 0.6 is 11.8 Å². The van der Waals surface area contributed by atoms with Gasteiger partial charge < -0.3 is 20.7 Å². The highest BCUT2D eigenvalue weighted by molar-refractivity contribution is 7.99. The van der Waals surface area contributed by atoms with E-state index in [1.807, 2.05) is 72.8 Å². The molecule has 5 rings (SSSR count). The third-order valence-corrected chi connectivity index (χ3v) is 6.63. The number of aromatic nitrogens is 2. The van der Waals surface area contributed by atoms with Crippen LogP contribution in [0, 0.1) is 0 Å². The number of anilines is 4. The van der Waals surface area contributed by atoms with Crippen LogP contribution < -0.4 is 21.3 Å². The van der Waals surface area contributed by atoms with E-state index < -0.39 is 12.1 Å². The minimum Gasteiger partial charge on any atom is -0.453 e. The molecular weight excluding hydrogens is 528 g/mol. The molecule has 200 valence electrons. The van der Waals surface area contributed by atoms with E-state index >= 15 is 0 Å². The first-order valence-electron chi connectivity index (χ1n) is 12.1. The summed E-state index contributed by atoms with van der Waals surface area (Å²) in [5, 5.41) is 10.9. The fraction of sp³-hybridized carbons (Fsp3) is 0.0345. The van der Waals surface area contributed by atoms with Gasteiger partial charge in [0.05, 0.1) is 18.1 Å². The molecule has 0 atom stereocenters. The molecule has 4 N–H and O–H groups in total. The largest absolute Gasteiger partial charge is 0.453 e. The lowest BCUT2D eigenvalue weighted by molar-refractivity contribution is 0.186. The predicted octanol–water partition coefficient (Wildman–Crippen LogP) is 7.09. The Balaban J connectivity index is 1.32. The molecule has 1 aromatic heterocycles. The van der Waals surface area contributed by atoms with Gasteiger partial charge in [0.15, 0.2) is 0 Å². The number of rotatable bonds is 6. The summed E-state index contributed by atoms with van der Waals surface area (Å²) in [6.45, 7) is 0. The highest BCUT2D eigenvalue weighted by Gasteiger charge is 2.20. The molecule has 4 amide bonds. The predicted molar refractivity (Wildman–Crippen MR) is 156 cm³/mol. The third kappa shape index (κ3) is 6.40. The van der Waals surface area contributed by atoms with Gasteiger partial charge in [-0.05, 0) is 66.7 Å². The second-order valence-electron chi connectivity index (χ2n) is 8.41. The van der Waals surface area contributed by atoms with E-state index in [-0.39, 0.29) is 12.0 Å². The Hall–Kier alpha value is -5.29. The summed E-state index contributed by atoms with van der Waals surface area (Å²) >= 11 is 1.49. The van der Waals surface area contributed by atoms with Gasteiger partial charge in [0.25, 0.3) is 0 Å². The third-order valence-electron chi connectivity index (χ3n) is 5.63. The van der Waals surface area contributed by atoms with Crippen LogP contribution in [-0.4, -0.2) is 34.8 Å². The number of ether oxygens (including phenoxy) is 1. The summed E-state index contributed by atoms with van der Waals surface area (Å²) in [5.41, 5.74) is 2.96. The summed E-state index contributed by atoms with van der Waals surface area (Å²) in [5.74, 6) is 0.0293. The van der Waals surface area contributed by atoms with E-state index in [1.54, 1.807) is 30.3 Å². The summed E-state index contributed by atoms with van der Waals surface area (Å²) < 4.78 is 5.99. The maximum atomic E-state index is 13.1. The van der Waals surface area contributed by atoms with Crippen molar-refractivity contribution in [3.63, 3.8) is 0 Å². The van der Waals surface area contributed by atoms with Crippen molar-refractivity contribution in [2.75, 3.05) is 28.4 Å². The fourth-order valence-electron chi connectivity index (χ4n) is 3.81. The Kier molecular flexibility index (Phi) is 7.93. The second kappa shape index (κ2) is 12.0. The standard InChI is InChI=1S/C29H24N6O4S/c1-39-29(38)34-26-33-24-18-23(16-17-25(24)35(26)28(37)32-20-10-6-3-7-11-20)40-22-14-12-21(13-15-22)31-27(36)30-19-8-4-2-5-9-19/h2-18H,1H3,(H,32,37)(H2,30,31,36)(H,33,34,38). The molecule has 0 bridgehead atoms. The molecule has 0 aliphatic carbocycles. The van der Waals surface area contributed by atoms with Crippen LogP contribution in [0.2, 0.25) is 0 Å². The summed E-state index contributed by atoms with van der Waals surface area (Å²) in [6.07, 6.45) is -0.746. The Morgan fingerprint density at radius 3 is 1.90 bits per heavy atom. The molecule has 10 nitrogen and oxygen atoms in total. The van der Waals surface area contributed by atoms with Gasteiger partial charge in [0.1, 0.15) is 0 Å².